The molecule has 1 atom stereocenters. The van der Waals surface area contributed by atoms with Crippen LogP contribution in [-0.2, 0) is 14.4 Å². The van der Waals surface area contributed by atoms with Gasteiger partial charge in [0.2, 0.25) is 5.91 Å². The Kier molecular flexibility index (Phi) is 5.41. The van der Waals surface area contributed by atoms with E-state index in [1.165, 1.54) is 6.42 Å². The Labute approximate surface area is 109 Å². The second-order valence-electron chi connectivity index (χ2n) is 5.23. The van der Waals surface area contributed by atoms with Gasteiger partial charge in [0.25, 0.3) is 0 Å². The molecule has 2 fully saturated rings. The lowest BCUT2D eigenvalue weighted by molar-refractivity contribution is -0.142. The summed E-state index contributed by atoms with van der Waals surface area (Å²) in [6.07, 6.45) is 6.00. The highest BCUT2D eigenvalue weighted by Gasteiger charge is 2.32. The quantitative estimate of drug-likeness (QED) is 0.764. The third-order valence-corrected chi connectivity index (χ3v) is 4.05. The number of nitrogens with two attached hydrogens (primary N) is 1. The molecule has 104 valence electrons. The molecule has 0 aliphatic carbocycles. The van der Waals surface area contributed by atoms with Crippen molar-refractivity contribution in [2.24, 2.45) is 11.8 Å². The molecule has 0 aromatic carbocycles. The smallest absolute Gasteiger partial charge is 0.226 e. The summed E-state index contributed by atoms with van der Waals surface area (Å²) in [5.74, 6) is 5.57. The molecule has 0 aromatic rings. The number of ether oxygens (including phenoxy) is 1. The molecule has 1 unspecified atom stereocenters. The number of carbonyl (C=O) groups excluding carboxylic acids is 1. The number of hydrogen-bond acceptors (Lipinski definition) is 4. The van der Waals surface area contributed by atoms with Gasteiger partial charge in [-0.1, -0.05) is 0 Å². The molecule has 0 saturated carbocycles. The fraction of sp³-hybridized carbons (Fsp3) is 0.923. The number of likely N-dealkylation sites (tertiary alicyclic amines) is 1. The topological polar surface area (TPSA) is 64.8 Å². The first-order valence-electron chi connectivity index (χ1n) is 7.03. The van der Waals surface area contributed by atoms with Crippen LogP contribution in [0.3, 0.4) is 0 Å². The lowest BCUT2D eigenvalue weighted by atomic mass is 9.93. The highest BCUT2D eigenvalue weighted by atomic mass is 16.6. The van der Waals surface area contributed by atoms with Gasteiger partial charge in [0.15, 0.2) is 0 Å². The molecule has 0 radical (unpaired) electrons. The van der Waals surface area contributed by atoms with Crippen molar-refractivity contribution in [3.63, 3.8) is 0 Å². The summed E-state index contributed by atoms with van der Waals surface area (Å²) in [5.41, 5.74) is 0. The van der Waals surface area contributed by atoms with E-state index in [0.29, 0.717) is 18.6 Å². The van der Waals surface area contributed by atoms with E-state index in [2.05, 4.69) is 9.74 Å². The maximum Gasteiger partial charge on any atom is 0.226 e. The van der Waals surface area contributed by atoms with E-state index in [9.17, 15) is 4.79 Å². The minimum atomic E-state index is 0.165. The number of nitrogens with zero attached hydrogens (tertiary/aromatic N) is 1. The fourth-order valence-electron chi connectivity index (χ4n) is 2.97. The average Bonchev–Trinajstić information content (AvgIpc) is 2.45. The molecule has 18 heavy (non-hydrogen) atoms. The minimum Gasteiger partial charge on any atom is -0.381 e. The SMILES string of the molecule is NOCCC1CCCCN1C(=O)C1CCOCC1. The van der Waals surface area contributed by atoms with E-state index in [0.717, 1.165) is 51.9 Å². The van der Waals surface area contributed by atoms with Crippen molar-refractivity contribution >= 4 is 5.91 Å². The van der Waals surface area contributed by atoms with E-state index in [1.54, 1.807) is 0 Å². The first kappa shape index (κ1) is 13.8. The summed E-state index contributed by atoms with van der Waals surface area (Å²) in [7, 11) is 0. The van der Waals surface area contributed by atoms with Crippen LogP contribution in [0.5, 0.6) is 0 Å². The predicted octanol–water partition coefficient (Wildman–Crippen LogP) is 1.07. The maximum atomic E-state index is 12.5. The molecule has 2 aliphatic rings. The highest BCUT2D eigenvalue weighted by molar-refractivity contribution is 5.79. The summed E-state index contributed by atoms with van der Waals surface area (Å²) in [6.45, 7) is 2.87. The van der Waals surface area contributed by atoms with Crippen LogP contribution in [-0.4, -0.2) is 43.2 Å². The number of piperidine rings is 1. The van der Waals surface area contributed by atoms with Crippen molar-refractivity contribution in [1.82, 2.24) is 4.90 Å². The zero-order valence-electron chi connectivity index (χ0n) is 11.0. The third kappa shape index (κ3) is 3.43. The van der Waals surface area contributed by atoms with Crippen LogP contribution in [0.1, 0.15) is 38.5 Å². The van der Waals surface area contributed by atoms with Gasteiger partial charge in [0, 0.05) is 31.7 Å². The van der Waals surface area contributed by atoms with E-state index in [4.69, 9.17) is 10.6 Å². The Balaban J connectivity index is 1.91. The van der Waals surface area contributed by atoms with Gasteiger partial charge in [0.1, 0.15) is 0 Å². The van der Waals surface area contributed by atoms with Crippen molar-refractivity contribution in [2.75, 3.05) is 26.4 Å². The molecular weight excluding hydrogens is 232 g/mol. The van der Waals surface area contributed by atoms with Gasteiger partial charge in [-0.3, -0.25) is 4.79 Å². The van der Waals surface area contributed by atoms with Crippen LogP contribution in [0.4, 0.5) is 0 Å². The first-order chi connectivity index (χ1) is 8.83. The Bertz CT molecular complexity index is 267. The van der Waals surface area contributed by atoms with E-state index < -0.39 is 0 Å². The molecule has 0 aromatic heterocycles. The minimum absolute atomic E-state index is 0.165. The maximum absolute atomic E-state index is 12.5. The molecule has 5 heteroatoms. The largest absolute Gasteiger partial charge is 0.381 e. The molecule has 0 spiro atoms. The zero-order valence-corrected chi connectivity index (χ0v) is 11.0. The van der Waals surface area contributed by atoms with Crippen molar-refractivity contribution in [3.8, 4) is 0 Å². The molecule has 5 nitrogen and oxygen atoms in total. The molecule has 1 amide bonds. The first-order valence-corrected chi connectivity index (χ1v) is 7.03. The van der Waals surface area contributed by atoms with Gasteiger partial charge < -0.3 is 14.5 Å². The Morgan fingerprint density at radius 1 is 1.28 bits per heavy atom. The van der Waals surface area contributed by atoms with Crippen LogP contribution in [0.15, 0.2) is 0 Å². The summed E-state index contributed by atoms with van der Waals surface area (Å²) >= 11 is 0. The monoisotopic (exact) mass is 256 g/mol. The summed E-state index contributed by atoms with van der Waals surface area (Å²) in [5, 5.41) is 0. The van der Waals surface area contributed by atoms with Crippen molar-refractivity contribution in [2.45, 2.75) is 44.6 Å². The van der Waals surface area contributed by atoms with Crippen LogP contribution in [0.2, 0.25) is 0 Å². The Morgan fingerprint density at radius 3 is 2.78 bits per heavy atom. The Hall–Kier alpha value is -0.650. The molecule has 2 rings (SSSR count). The van der Waals surface area contributed by atoms with Gasteiger partial charge in [0.05, 0.1) is 6.61 Å². The molecule has 0 bridgehead atoms. The summed E-state index contributed by atoms with van der Waals surface area (Å²) < 4.78 is 5.32. The second-order valence-corrected chi connectivity index (χ2v) is 5.23. The van der Waals surface area contributed by atoms with E-state index in [-0.39, 0.29) is 5.92 Å². The van der Waals surface area contributed by atoms with Gasteiger partial charge in [-0.2, -0.15) is 0 Å². The highest BCUT2D eigenvalue weighted by Crippen LogP contribution is 2.25. The molecular formula is C13H24N2O3. The van der Waals surface area contributed by atoms with Gasteiger partial charge in [-0.05, 0) is 38.5 Å². The number of carbonyl (C=O) groups is 1. The summed E-state index contributed by atoms with van der Waals surface area (Å²) in [4.78, 5) is 19.3. The molecule has 2 saturated heterocycles. The van der Waals surface area contributed by atoms with Gasteiger partial charge in [-0.25, -0.2) is 5.90 Å². The molecule has 2 N–H and O–H groups in total. The number of rotatable bonds is 4. The van der Waals surface area contributed by atoms with E-state index in [1.807, 2.05) is 0 Å². The number of hydrogen-bond donors (Lipinski definition) is 1. The average molecular weight is 256 g/mol. The molecule has 2 aliphatic heterocycles. The van der Waals surface area contributed by atoms with Crippen molar-refractivity contribution < 1.29 is 14.4 Å². The second kappa shape index (κ2) is 7.07. The third-order valence-electron chi connectivity index (χ3n) is 4.05. The van der Waals surface area contributed by atoms with Crippen LogP contribution >= 0.6 is 0 Å². The molecule has 2 heterocycles. The predicted molar refractivity (Wildman–Crippen MR) is 67.7 cm³/mol. The van der Waals surface area contributed by atoms with E-state index >= 15 is 0 Å². The Morgan fingerprint density at radius 2 is 2.06 bits per heavy atom. The standard InChI is InChI=1S/C13H24N2O3/c14-18-10-6-12-3-1-2-7-15(12)13(16)11-4-8-17-9-5-11/h11-12H,1-10,14H2. The fourth-order valence-corrected chi connectivity index (χ4v) is 2.97. The van der Waals surface area contributed by atoms with Crippen LogP contribution in [0, 0.1) is 5.92 Å². The van der Waals surface area contributed by atoms with Gasteiger partial charge in [-0.15, -0.1) is 0 Å². The van der Waals surface area contributed by atoms with Crippen LogP contribution in [0.25, 0.3) is 0 Å². The lowest BCUT2D eigenvalue weighted by Crippen LogP contribution is -2.47. The lowest BCUT2D eigenvalue weighted by Gasteiger charge is -2.38. The van der Waals surface area contributed by atoms with Gasteiger partial charge >= 0.3 is 0 Å². The van der Waals surface area contributed by atoms with Crippen LogP contribution < -0.4 is 5.90 Å². The summed E-state index contributed by atoms with van der Waals surface area (Å²) in [6, 6.07) is 0.317. The zero-order chi connectivity index (χ0) is 12.8. The number of amides is 1. The van der Waals surface area contributed by atoms with Crippen molar-refractivity contribution in [3.05, 3.63) is 0 Å². The normalized spacial score (nSPS) is 26.3. The van der Waals surface area contributed by atoms with Crippen molar-refractivity contribution in [1.29, 1.82) is 0 Å².